The van der Waals surface area contributed by atoms with Crippen LogP contribution >= 0.6 is 0 Å². The lowest BCUT2D eigenvalue weighted by Crippen LogP contribution is -2.55. The van der Waals surface area contributed by atoms with Crippen LogP contribution in [-0.4, -0.2) is 42.6 Å². The number of piperidine rings is 1. The van der Waals surface area contributed by atoms with Crippen molar-refractivity contribution in [3.8, 4) is 0 Å². The van der Waals surface area contributed by atoms with Crippen molar-refractivity contribution < 1.29 is 9.53 Å². The van der Waals surface area contributed by atoms with Crippen LogP contribution in [0.15, 0.2) is 0 Å². The first-order valence-corrected chi connectivity index (χ1v) is 6.78. The SMILES string of the molecule is CCOC(=O)C(CC)N1CCCC(C)C1CN. The summed E-state index contributed by atoms with van der Waals surface area (Å²) in [7, 11) is 0. The molecule has 0 radical (unpaired) electrons. The van der Waals surface area contributed by atoms with Gasteiger partial charge < -0.3 is 10.5 Å². The first kappa shape index (κ1) is 14.5. The Balaban J connectivity index is 2.74. The molecule has 1 aliphatic rings. The molecule has 0 aromatic rings. The summed E-state index contributed by atoms with van der Waals surface area (Å²) in [5.74, 6) is 0.472. The second-order valence-electron chi connectivity index (χ2n) is 4.84. The molecule has 0 aromatic carbocycles. The molecule has 1 saturated heterocycles. The molecule has 0 spiro atoms. The normalized spacial score (nSPS) is 27.8. The number of esters is 1. The molecule has 1 heterocycles. The van der Waals surface area contributed by atoms with Crippen LogP contribution in [0.1, 0.15) is 40.0 Å². The first-order valence-electron chi connectivity index (χ1n) is 6.78. The quantitative estimate of drug-likeness (QED) is 0.740. The number of hydrogen-bond acceptors (Lipinski definition) is 4. The van der Waals surface area contributed by atoms with Crippen molar-refractivity contribution in [1.29, 1.82) is 0 Å². The molecular formula is C13H26N2O2. The fraction of sp³-hybridized carbons (Fsp3) is 0.923. The zero-order valence-corrected chi connectivity index (χ0v) is 11.3. The minimum Gasteiger partial charge on any atom is -0.465 e. The van der Waals surface area contributed by atoms with E-state index in [1.54, 1.807) is 0 Å². The van der Waals surface area contributed by atoms with Gasteiger partial charge in [0.15, 0.2) is 0 Å². The number of nitrogens with two attached hydrogens (primary N) is 1. The van der Waals surface area contributed by atoms with E-state index in [0.29, 0.717) is 25.1 Å². The molecule has 4 heteroatoms. The van der Waals surface area contributed by atoms with Crippen molar-refractivity contribution in [3.63, 3.8) is 0 Å². The van der Waals surface area contributed by atoms with Crippen molar-refractivity contribution in [2.45, 2.75) is 52.1 Å². The molecule has 0 bridgehead atoms. The van der Waals surface area contributed by atoms with Crippen molar-refractivity contribution in [2.24, 2.45) is 11.7 Å². The lowest BCUT2D eigenvalue weighted by molar-refractivity contribution is -0.152. The third-order valence-electron chi connectivity index (χ3n) is 3.75. The van der Waals surface area contributed by atoms with Gasteiger partial charge in [-0.15, -0.1) is 0 Å². The van der Waals surface area contributed by atoms with Gasteiger partial charge in [0.1, 0.15) is 6.04 Å². The molecule has 17 heavy (non-hydrogen) atoms. The van der Waals surface area contributed by atoms with Gasteiger partial charge in [0.05, 0.1) is 6.61 Å². The highest BCUT2D eigenvalue weighted by atomic mass is 16.5. The Hall–Kier alpha value is -0.610. The second kappa shape index (κ2) is 6.97. The Kier molecular flexibility index (Phi) is 5.92. The zero-order valence-electron chi connectivity index (χ0n) is 11.3. The fourth-order valence-electron chi connectivity index (χ4n) is 2.81. The Morgan fingerprint density at radius 2 is 2.24 bits per heavy atom. The summed E-state index contributed by atoms with van der Waals surface area (Å²) in [6.45, 7) is 8.15. The molecule has 0 aromatic heterocycles. The topological polar surface area (TPSA) is 55.6 Å². The fourth-order valence-corrected chi connectivity index (χ4v) is 2.81. The van der Waals surface area contributed by atoms with Gasteiger partial charge in [0, 0.05) is 12.6 Å². The van der Waals surface area contributed by atoms with Gasteiger partial charge in [-0.3, -0.25) is 9.69 Å². The van der Waals surface area contributed by atoms with E-state index in [0.717, 1.165) is 19.4 Å². The summed E-state index contributed by atoms with van der Waals surface area (Å²) < 4.78 is 5.15. The van der Waals surface area contributed by atoms with Crippen molar-refractivity contribution >= 4 is 5.97 Å². The van der Waals surface area contributed by atoms with Gasteiger partial charge in [-0.1, -0.05) is 13.8 Å². The predicted octanol–water partition coefficient (Wildman–Crippen LogP) is 1.39. The smallest absolute Gasteiger partial charge is 0.323 e. The van der Waals surface area contributed by atoms with Gasteiger partial charge in [0.25, 0.3) is 0 Å². The maximum Gasteiger partial charge on any atom is 0.323 e. The van der Waals surface area contributed by atoms with E-state index in [2.05, 4.69) is 11.8 Å². The monoisotopic (exact) mass is 242 g/mol. The molecule has 0 amide bonds. The molecule has 3 atom stereocenters. The van der Waals surface area contributed by atoms with Crippen LogP contribution in [0.25, 0.3) is 0 Å². The largest absolute Gasteiger partial charge is 0.465 e. The van der Waals surface area contributed by atoms with Crippen molar-refractivity contribution in [3.05, 3.63) is 0 Å². The van der Waals surface area contributed by atoms with E-state index in [4.69, 9.17) is 10.5 Å². The minimum atomic E-state index is -0.119. The van der Waals surface area contributed by atoms with Crippen LogP contribution in [-0.2, 0) is 9.53 Å². The number of carbonyl (C=O) groups excluding carboxylic acids is 1. The molecule has 3 unspecified atom stereocenters. The highest BCUT2D eigenvalue weighted by Gasteiger charge is 2.35. The van der Waals surface area contributed by atoms with Crippen molar-refractivity contribution in [2.75, 3.05) is 19.7 Å². The highest BCUT2D eigenvalue weighted by molar-refractivity contribution is 5.75. The van der Waals surface area contributed by atoms with E-state index in [1.165, 1.54) is 6.42 Å². The van der Waals surface area contributed by atoms with Gasteiger partial charge in [-0.05, 0) is 38.6 Å². The second-order valence-corrected chi connectivity index (χ2v) is 4.84. The van der Waals surface area contributed by atoms with Gasteiger partial charge in [-0.25, -0.2) is 0 Å². The maximum absolute atomic E-state index is 11.9. The first-order chi connectivity index (χ1) is 8.15. The van der Waals surface area contributed by atoms with Crippen molar-refractivity contribution in [1.82, 2.24) is 4.90 Å². The lowest BCUT2D eigenvalue weighted by Gasteiger charge is -2.42. The number of ether oxygens (including phenoxy) is 1. The Morgan fingerprint density at radius 1 is 1.53 bits per heavy atom. The van der Waals surface area contributed by atoms with E-state index in [1.807, 2.05) is 13.8 Å². The molecule has 1 aliphatic heterocycles. The summed E-state index contributed by atoms with van der Waals surface area (Å²) in [6, 6.07) is 0.198. The molecule has 4 nitrogen and oxygen atoms in total. The molecule has 100 valence electrons. The molecule has 0 aliphatic carbocycles. The number of hydrogen-bond donors (Lipinski definition) is 1. The summed E-state index contributed by atoms with van der Waals surface area (Å²) in [5.41, 5.74) is 5.86. The third-order valence-corrected chi connectivity index (χ3v) is 3.75. The van der Waals surface area contributed by atoms with Crippen LogP contribution in [0.2, 0.25) is 0 Å². The summed E-state index contributed by atoms with van der Waals surface area (Å²) in [5, 5.41) is 0. The van der Waals surface area contributed by atoms with Crippen LogP contribution in [0.5, 0.6) is 0 Å². The average Bonchev–Trinajstić information content (AvgIpc) is 2.30. The Morgan fingerprint density at radius 3 is 2.76 bits per heavy atom. The third kappa shape index (κ3) is 3.42. The average molecular weight is 242 g/mol. The summed E-state index contributed by atoms with van der Waals surface area (Å²) >= 11 is 0. The van der Waals surface area contributed by atoms with E-state index < -0.39 is 0 Å². The lowest BCUT2D eigenvalue weighted by atomic mass is 9.89. The Bertz CT molecular complexity index is 246. The summed E-state index contributed by atoms with van der Waals surface area (Å²) in [6.07, 6.45) is 3.15. The number of rotatable bonds is 5. The molecule has 2 N–H and O–H groups in total. The van der Waals surface area contributed by atoms with E-state index in [-0.39, 0.29) is 12.0 Å². The van der Waals surface area contributed by atoms with Crippen LogP contribution in [0.4, 0.5) is 0 Å². The van der Waals surface area contributed by atoms with E-state index in [9.17, 15) is 4.79 Å². The van der Waals surface area contributed by atoms with Crippen LogP contribution in [0, 0.1) is 5.92 Å². The maximum atomic E-state index is 11.9. The van der Waals surface area contributed by atoms with Crippen LogP contribution in [0.3, 0.4) is 0 Å². The van der Waals surface area contributed by atoms with E-state index >= 15 is 0 Å². The standard InChI is InChI=1S/C13H26N2O2/c1-4-11(13(16)17-5-2)15-8-6-7-10(3)12(15)9-14/h10-12H,4-9,14H2,1-3H3. The molecule has 1 fully saturated rings. The zero-order chi connectivity index (χ0) is 12.8. The number of likely N-dealkylation sites (tertiary alicyclic amines) is 1. The molecular weight excluding hydrogens is 216 g/mol. The van der Waals surface area contributed by atoms with Gasteiger partial charge in [0.2, 0.25) is 0 Å². The highest BCUT2D eigenvalue weighted by Crippen LogP contribution is 2.25. The van der Waals surface area contributed by atoms with Gasteiger partial charge in [-0.2, -0.15) is 0 Å². The minimum absolute atomic E-state index is 0.0949. The molecule has 0 saturated carbocycles. The number of nitrogens with zero attached hydrogens (tertiary/aromatic N) is 1. The van der Waals surface area contributed by atoms with Gasteiger partial charge >= 0.3 is 5.97 Å². The summed E-state index contributed by atoms with van der Waals surface area (Å²) in [4.78, 5) is 14.2. The molecule has 1 rings (SSSR count). The Labute approximate surface area is 104 Å². The predicted molar refractivity (Wildman–Crippen MR) is 68.7 cm³/mol. The number of carbonyl (C=O) groups is 1. The van der Waals surface area contributed by atoms with Crippen LogP contribution < -0.4 is 5.73 Å².